The molecule has 1 aliphatic heterocycles. The van der Waals surface area contributed by atoms with Gasteiger partial charge in [-0.05, 0) is 37.5 Å². The number of halogens is 3. The molecule has 140 valence electrons. The van der Waals surface area contributed by atoms with Crippen molar-refractivity contribution in [1.82, 2.24) is 0 Å². The third-order valence-corrected chi connectivity index (χ3v) is 9.11. The van der Waals surface area contributed by atoms with E-state index in [1.165, 1.54) is 16.4 Å². The molecule has 1 aromatic carbocycles. The first-order valence-corrected chi connectivity index (χ1v) is 9.71. The molecule has 0 unspecified atom stereocenters. The van der Waals surface area contributed by atoms with Crippen molar-refractivity contribution in [1.29, 1.82) is 5.26 Å². The number of hydrogen-bond acceptors (Lipinski definition) is 5. The SMILES string of the molecule is C[C@@]12[C@H]3C[C@H](CC3=O)[C@@H]1CN(c1ccc(C#N)c(C(F)(F)F)c1)S2(O)O. The van der Waals surface area contributed by atoms with Gasteiger partial charge in [-0.1, -0.05) is 0 Å². The number of carbonyl (C=O) groups is 1. The Morgan fingerprint density at radius 2 is 2.08 bits per heavy atom. The van der Waals surface area contributed by atoms with Gasteiger partial charge in [-0.2, -0.15) is 18.4 Å². The van der Waals surface area contributed by atoms with Gasteiger partial charge in [0.1, 0.15) is 5.78 Å². The van der Waals surface area contributed by atoms with Crippen LogP contribution in [0.1, 0.15) is 30.9 Å². The summed E-state index contributed by atoms with van der Waals surface area (Å²) in [6.45, 7) is 1.86. The van der Waals surface area contributed by atoms with E-state index in [1.54, 1.807) is 6.92 Å². The highest BCUT2D eigenvalue weighted by Gasteiger charge is 2.70. The van der Waals surface area contributed by atoms with Crippen LogP contribution in [0.2, 0.25) is 0 Å². The zero-order valence-corrected chi connectivity index (χ0v) is 14.6. The number of alkyl halides is 3. The summed E-state index contributed by atoms with van der Waals surface area (Å²) in [4.78, 5) is 12.2. The second-order valence-corrected chi connectivity index (χ2v) is 9.79. The molecule has 3 fully saturated rings. The van der Waals surface area contributed by atoms with Crippen molar-refractivity contribution in [3.05, 3.63) is 29.3 Å². The monoisotopic (exact) mass is 386 g/mol. The first-order valence-electron chi connectivity index (χ1n) is 8.21. The predicted molar refractivity (Wildman–Crippen MR) is 89.5 cm³/mol. The lowest BCUT2D eigenvalue weighted by Crippen LogP contribution is -2.45. The third-order valence-electron chi connectivity index (χ3n) is 6.36. The van der Waals surface area contributed by atoms with E-state index in [0.717, 1.165) is 12.1 Å². The molecule has 5 nitrogen and oxygen atoms in total. The van der Waals surface area contributed by atoms with Crippen LogP contribution in [0, 0.1) is 29.1 Å². The van der Waals surface area contributed by atoms with E-state index in [9.17, 15) is 27.1 Å². The van der Waals surface area contributed by atoms with Gasteiger partial charge in [0.15, 0.2) is 0 Å². The van der Waals surface area contributed by atoms with Crippen LogP contribution in [0.25, 0.3) is 0 Å². The van der Waals surface area contributed by atoms with Crippen molar-refractivity contribution >= 4 is 22.2 Å². The number of fused-ring (bicyclic) bond motifs is 5. The highest BCUT2D eigenvalue weighted by Crippen LogP contribution is 2.75. The molecule has 2 saturated carbocycles. The molecule has 0 radical (unpaired) electrons. The average molecular weight is 386 g/mol. The van der Waals surface area contributed by atoms with Gasteiger partial charge in [0.25, 0.3) is 0 Å². The molecule has 3 aliphatic rings. The van der Waals surface area contributed by atoms with Gasteiger partial charge in [-0.3, -0.25) is 18.2 Å². The molecule has 0 aromatic heterocycles. The molecule has 4 atom stereocenters. The Kier molecular flexibility index (Phi) is 3.50. The maximum atomic E-state index is 13.3. The molecule has 9 heteroatoms. The number of rotatable bonds is 1. The van der Waals surface area contributed by atoms with Crippen molar-refractivity contribution in [3.8, 4) is 6.07 Å². The fourth-order valence-electron chi connectivity index (χ4n) is 5.02. The van der Waals surface area contributed by atoms with Crippen molar-refractivity contribution in [2.75, 3.05) is 10.8 Å². The summed E-state index contributed by atoms with van der Waals surface area (Å²) in [5.74, 6) is -0.575. The fraction of sp³-hybridized carbons (Fsp3) is 0.529. The molecular formula is C17H17F3N2O3S. The summed E-state index contributed by atoms with van der Waals surface area (Å²) in [5.41, 5.74) is -1.61. The van der Waals surface area contributed by atoms with Crippen LogP contribution in [-0.2, 0) is 11.0 Å². The van der Waals surface area contributed by atoms with Crippen LogP contribution in [-0.4, -0.2) is 26.2 Å². The van der Waals surface area contributed by atoms with E-state index in [1.807, 2.05) is 0 Å². The summed E-state index contributed by atoms with van der Waals surface area (Å²) in [5, 5.41) is 8.93. The van der Waals surface area contributed by atoms with Crippen molar-refractivity contribution < 1.29 is 27.1 Å². The first kappa shape index (κ1) is 17.6. The quantitative estimate of drug-likeness (QED) is 0.761. The number of ketones is 1. The van der Waals surface area contributed by atoms with Crippen LogP contribution in [0.15, 0.2) is 18.2 Å². The van der Waals surface area contributed by atoms with Gasteiger partial charge in [-0.25, -0.2) is 0 Å². The first-order chi connectivity index (χ1) is 12.0. The summed E-state index contributed by atoms with van der Waals surface area (Å²) < 4.78 is 61.9. The molecule has 2 aliphatic carbocycles. The van der Waals surface area contributed by atoms with E-state index in [2.05, 4.69) is 0 Å². The Bertz CT molecular complexity index is 851. The Hall–Kier alpha value is -1.76. The minimum absolute atomic E-state index is 0.00591. The highest BCUT2D eigenvalue weighted by molar-refractivity contribution is 8.26. The minimum atomic E-state index is -4.72. The number of nitriles is 1. The normalized spacial score (nSPS) is 36.1. The lowest BCUT2D eigenvalue weighted by Gasteiger charge is -2.50. The van der Waals surface area contributed by atoms with E-state index in [-0.39, 0.29) is 29.9 Å². The van der Waals surface area contributed by atoms with E-state index in [0.29, 0.717) is 12.8 Å². The largest absolute Gasteiger partial charge is 0.417 e. The number of Topliss-reactive ketones (excluding diaryl/α,β-unsaturated/α-hetero) is 1. The van der Waals surface area contributed by atoms with Crippen molar-refractivity contribution in [2.24, 2.45) is 17.8 Å². The Morgan fingerprint density at radius 1 is 1.38 bits per heavy atom. The van der Waals surface area contributed by atoms with Crippen LogP contribution < -0.4 is 4.31 Å². The lowest BCUT2D eigenvalue weighted by molar-refractivity contribution is -0.137. The highest BCUT2D eigenvalue weighted by atomic mass is 32.3. The number of anilines is 1. The van der Waals surface area contributed by atoms with Gasteiger partial charge < -0.3 is 0 Å². The molecule has 2 N–H and O–H groups in total. The van der Waals surface area contributed by atoms with Crippen LogP contribution in [0.5, 0.6) is 0 Å². The number of carbonyl (C=O) groups excluding carboxylic acids is 1. The van der Waals surface area contributed by atoms with E-state index >= 15 is 0 Å². The number of hydrogen-bond donors (Lipinski definition) is 2. The van der Waals surface area contributed by atoms with Gasteiger partial charge >= 0.3 is 6.18 Å². The van der Waals surface area contributed by atoms with E-state index in [4.69, 9.17) is 5.26 Å². The van der Waals surface area contributed by atoms with Crippen LogP contribution in [0.3, 0.4) is 0 Å². The third kappa shape index (κ3) is 2.03. The van der Waals surface area contributed by atoms with Crippen molar-refractivity contribution in [3.63, 3.8) is 0 Å². The summed E-state index contributed by atoms with van der Waals surface area (Å²) in [6, 6.07) is 4.66. The lowest BCUT2D eigenvalue weighted by atomic mass is 9.79. The Morgan fingerprint density at radius 3 is 2.69 bits per heavy atom. The van der Waals surface area contributed by atoms with Gasteiger partial charge in [0.2, 0.25) is 0 Å². The molecule has 1 saturated heterocycles. The molecule has 1 aromatic rings. The van der Waals surface area contributed by atoms with Crippen LogP contribution in [0.4, 0.5) is 18.9 Å². The predicted octanol–water partition coefficient (Wildman–Crippen LogP) is 4.05. The van der Waals surface area contributed by atoms with Gasteiger partial charge in [-0.15, -0.1) is 10.8 Å². The standard InChI is InChI=1S/C17H17F3N2O3S/c1-16-13-4-10(5-15(13)23)14(16)8-22(26(16,24)25)11-3-2-9(7-21)12(6-11)17(18,19)20/h2-3,6,10,13-14,24-25H,4-5,8H2,1H3/t10-,13+,14+,16-/m1/s1. The molecule has 1 heterocycles. The number of benzene rings is 1. The second kappa shape index (κ2) is 5.15. The number of nitrogens with zero attached hydrogens (tertiary/aromatic N) is 2. The van der Waals surface area contributed by atoms with Gasteiger partial charge in [0.05, 0.1) is 27.6 Å². The smallest absolute Gasteiger partial charge is 0.299 e. The zero-order chi connectivity index (χ0) is 19.1. The molecule has 0 amide bonds. The second-order valence-electron chi connectivity index (χ2n) is 7.43. The summed E-state index contributed by atoms with van der Waals surface area (Å²) >= 11 is 0. The maximum absolute atomic E-state index is 13.3. The Labute approximate surface area is 149 Å². The molecular weight excluding hydrogens is 369 g/mol. The fourth-order valence-corrected chi connectivity index (χ4v) is 7.55. The van der Waals surface area contributed by atoms with Crippen LogP contribution >= 0.6 is 10.8 Å². The Balaban J connectivity index is 1.79. The minimum Gasteiger partial charge on any atom is -0.299 e. The molecule has 2 bridgehead atoms. The maximum Gasteiger partial charge on any atom is 0.417 e. The zero-order valence-electron chi connectivity index (χ0n) is 13.8. The van der Waals surface area contributed by atoms with E-state index < -0.39 is 38.7 Å². The summed E-state index contributed by atoms with van der Waals surface area (Å²) in [7, 11) is -3.50. The van der Waals surface area contributed by atoms with Gasteiger partial charge in [0, 0.05) is 24.8 Å². The molecule has 26 heavy (non-hydrogen) atoms. The topological polar surface area (TPSA) is 84.6 Å². The molecule has 4 rings (SSSR count). The average Bonchev–Trinajstić information content (AvgIpc) is 3.13. The summed E-state index contributed by atoms with van der Waals surface area (Å²) in [6.07, 6.45) is -3.71. The van der Waals surface area contributed by atoms with Crippen molar-refractivity contribution in [2.45, 2.75) is 30.7 Å². The molecule has 0 spiro atoms.